The van der Waals surface area contributed by atoms with Crippen LogP contribution in [0.25, 0.3) is 0 Å². The second kappa shape index (κ2) is 5.10. The molecule has 0 saturated carbocycles. The molecule has 0 spiro atoms. The van der Waals surface area contributed by atoms with Gasteiger partial charge >= 0.3 is 5.97 Å². The van der Waals surface area contributed by atoms with E-state index in [9.17, 15) is 9.18 Å². The van der Waals surface area contributed by atoms with E-state index in [0.717, 1.165) is 0 Å². The van der Waals surface area contributed by atoms with Crippen LogP contribution in [0, 0.1) is 0 Å². The van der Waals surface area contributed by atoms with Crippen LogP contribution in [0.4, 0.5) is 4.39 Å². The second-order valence-electron chi connectivity index (χ2n) is 3.99. The van der Waals surface area contributed by atoms with Crippen LogP contribution in [0.3, 0.4) is 0 Å². The van der Waals surface area contributed by atoms with Gasteiger partial charge in [-0.2, -0.15) is 0 Å². The fourth-order valence-corrected chi connectivity index (χ4v) is 1.25. The fourth-order valence-electron chi connectivity index (χ4n) is 1.25. The molecule has 88 valence electrons. The lowest BCUT2D eigenvalue weighted by atomic mass is 9.98. The van der Waals surface area contributed by atoms with E-state index in [4.69, 9.17) is 4.74 Å². The molecule has 2 nitrogen and oxygen atoms in total. The van der Waals surface area contributed by atoms with Crippen molar-refractivity contribution >= 4 is 5.97 Å². The zero-order valence-electron chi connectivity index (χ0n) is 9.87. The smallest absolute Gasteiger partial charge is 0.348 e. The molecule has 0 fully saturated rings. The zero-order chi connectivity index (χ0) is 12.2. The standard InChI is InChI=1S/C13H17FO2/c1-4-10(2)16-12(15)13(3,14)11-8-6-5-7-9-11/h5-10H,4H2,1-3H3. The van der Waals surface area contributed by atoms with Gasteiger partial charge in [-0.05, 0) is 20.3 Å². The Labute approximate surface area is 95.4 Å². The molecule has 3 heteroatoms. The Morgan fingerprint density at radius 3 is 2.50 bits per heavy atom. The van der Waals surface area contributed by atoms with Crippen molar-refractivity contribution in [3.63, 3.8) is 0 Å². The summed E-state index contributed by atoms with van der Waals surface area (Å²) < 4.78 is 19.2. The number of esters is 1. The number of ether oxygens (including phenoxy) is 1. The van der Waals surface area contributed by atoms with E-state index in [0.29, 0.717) is 12.0 Å². The first-order valence-corrected chi connectivity index (χ1v) is 5.44. The van der Waals surface area contributed by atoms with E-state index in [2.05, 4.69) is 0 Å². The van der Waals surface area contributed by atoms with Crippen LogP contribution < -0.4 is 0 Å². The molecule has 0 saturated heterocycles. The highest BCUT2D eigenvalue weighted by Gasteiger charge is 2.37. The molecule has 0 heterocycles. The van der Waals surface area contributed by atoms with E-state index >= 15 is 0 Å². The Kier molecular flexibility index (Phi) is 4.05. The summed E-state index contributed by atoms with van der Waals surface area (Å²) in [4.78, 5) is 11.6. The first kappa shape index (κ1) is 12.7. The van der Waals surface area contributed by atoms with Gasteiger partial charge in [0, 0.05) is 5.56 Å². The fraction of sp³-hybridized carbons (Fsp3) is 0.462. The maximum Gasteiger partial charge on any atom is 0.348 e. The summed E-state index contributed by atoms with van der Waals surface area (Å²) in [5.41, 5.74) is -1.76. The molecule has 1 rings (SSSR count). The Bertz CT molecular complexity index is 346. The summed E-state index contributed by atoms with van der Waals surface area (Å²) in [5, 5.41) is 0. The molecule has 0 N–H and O–H groups in total. The molecular weight excluding hydrogens is 207 g/mol. The van der Waals surface area contributed by atoms with Crippen LogP contribution in [0.15, 0.2) is 30.3 Å². The first-order chi connectivity index (χ1) is 7.48. The van der Waals surface area contributed by atoms with Gasteiger partial charge in [0.15, 0.2) is 0 Å². The number of hydrogen-bond donors (Lipinski definition) is 0. The van der Waals surface area contributed by atoms with Gasteiger partial charge in [0.2, 0.25) is 5.67 Å². The number of benzene rings is 1. The van der Waals surface area contributed by atoms with E-state index in [-0.39, 0.29) is 6.10 Å². The summed E-state index contributed by atoms with van der Waals surface area (Å²) >= 11 is 0. The van der Waals surface area contributed by atoms with Crippen molar-refractivity contribution in [3.05, 3.63) is 35.9 Å². The van der Waals surface area contributed by atoms with Crippen molar-refractivity contribution in [2.24, 2.45) is 0 Å². The van der Waals surface area contributed by atoms with Crippen LogP contribution in [-0.4, -0.2) is 12.1 Å². The molecule has 0 radical (unpaired) electrons. The lowest BCUT2D eigenvalue weighted by Gasteiger charge is -2.21. The van der Waals surface area contributed by atoms with Gasteiger partial charge in [-0.3, -0.25) is 0 Å². The number of rotatable bonds is 4. The third-order valence-electron chi connectivity index (χ3n) is 2.58. The SMILES string of the molecule is CCC(C)OC(=O)C(C)(F)c1ccccc1. The predicted octanol–water partition coefficient (Wildman–Crippen LogP) is 3.21. The Hall–Kier alpha value is -1.38. The molecule has 0 aliphatic heterocycles. The van der Waals surface area contributed by atoms with Crippen molar-refractivity contribution in [3.8, 4) is 0 Å². The summed E-state index contributed by atoms with van der Waals surface area (Å²) in [6.07, 6.45) is 0.419. The van der Waals surface area contributed by atoms with E-state index < -0.39 is 11.6 Å². The van der Waals surface area contributed by atoms with Crippen LogP contribution in [0.5, 0.6) is 0 Å². The monoisotopic (exact) mass is 224 g/mol. The van der Waals surface area contributed by atoms with Crippen molar-refractivity contribution in [2.45, 2.75) is 39.0 Å². The molecular formula is C13H17FO2. The Morgan fingerprint density at radius 1 is 1.44 bits per heavy atom. The van der Waals surface area contributed by atoms with Gasteiger partial charge < -0.3 is 4.74 Å². The van der Waals surface area contributed by atoms with Gasteiger partial charge in [-0.1, -0.05) is 37.3 Å². The van der Waals surface area contributed by atoms with E-state index in [1.54, 1.807) is 37.3 Å². The molecule has 2 atom stereocenters. The molecule has 0 aliphatic rings. The van der Waals surface area contributed by atoms with Crippen LogP contribution >= 0.6 is 0 Å². The van der Waals surface area contributed by atoms with Crippen LogP contribution in [0.2, 0.25) is 0 Å². The van der Waals surface area contributed by atoms with Crippen LogP contribution in [-0.2, 0) is 15.2 Å². The van der Waals surface area contributed by atoms with Gasteiger partial charge in [-0.15, -0.1) is 0 Å². The molecule has 0 aromatic heterocycles. The normalized spacial score (nSPS) is 16.2. The number of hydrogen-bond acceptors (Lipinski definition) is 2. The van der Waals surface area contributed by atoms with Gasteiger partial charge in [-0.25, -0.2) is 9.18 Å². The second-order valence-corrected chi connectivity index (χ2v) is 3.99. The summed E-state index contributed by atoms with van der Waals surface area (Å²) in [6, 6.07) is 8.34. The zero-order valence-corrected chi connectivity index (χ0v) is 9.87. The molecule has 2 unspecified atom stereocenters. The summed E-state index contributed by atoms with van der Waals surface area (Å²) in [7, 11) is 0. The molecule has 0 bridgehead atoms. The molecule has 16 heavy (non-hydrogen) atoms. The first-order valence-electron chi connectivity index (χ1n) is 5.44. The minimum absolute atomic E-state index is 0.258. The van der Waals surface area contributed by atoms with Crippen molar-refractivity contribution in [1.29, 1.82) is 0 Å². The number of carbonyl (C=O) groups excluding carboxylic acids is 1. The molecule has 0 aliphatic carbocycles. The molecule has 1 aromatic carbocycles. The average Bonchev–Trinajstić information content (AvgIpc) is 2.29. The van der Waals surface area contributed by atoms with Crippen molar-refractivity contribution < 1.29 is 13.9 Å². The van der Waals surface area contributed by atoms with E-state index in [1.807, 2.05) is 6.92 Å². The quantitative estimate of drug-likeness (QED) is 0.734. The van der Waals surface area contributed by atoms with Gasteiger partial charge in [0.1, 0.15) is 0 Å². The highest BCUT2D eigenvalue weighted by atomic mass is 19.1. The summed E-state index contributed by atoms with van der Waals surface area (Å²) in [5.74, 6) is -0.826. The molecule has 0 amide bonds. The highest BCUT2D eigenvalue weighted by molar-refractivity contribution is 5.80. The van der Waals surface area contributed by atoms with E-state index in [1.165, 1.54) is 6.92 Å². The number of carbonyl (C=O) groups is 1. The van der Waals surface area contributed by atoms with Crippen molar-refractivity contribution in [2.75, 3.05) is 0 Å². The Morgan fingerprint density at radius 2 is 2.00 bits per heavy atom. The predicted molar refractivity (Wildman–Crippen MR) is 60.7 cm³/mol. The minimum atomic E-state index is -2.08. The van der Waals surface area contributed by atoms with Gasteiger partial charge in [0.25, 0.3) is 0 Å². The number of alkyl halides is 1. The topological polar surface area (TPSA) is 26.3 Å². The largest absolute Gasteiger partial charge is 0.460 e. The maximum absolute atomic E-state index is 14.2. The van der Waals surface area contributed by atoms with Crippen LogP contribution in [0.1, 0.15) is 32.8 Å². The third kappa shape index (κ3) is 2.81. The lowest BCUT2D eigenvalue weighted by Crippen LogP contribution is -2.32. The third-order valence-corrected chi connectivity index (χ3v) is 2.58. The maximum atomic E-state index is 14.2. The van der Waals surface area contributed by atoms with Gasteiger partial charge in [0.05, 0.1) is 6.10 Å². The lowest BCUT2D eigenvalue weighted by molar-refractivity contribution is -0.162. The highest BCUT2D eigenvalue weighted by Crippen LogP contribution is 2.27. The minimum Gasteiger partial charge on any atom is -0.460 e. The average molecular weight is 224 g/mol. The Balaban J connectivity index is 2.82. The number of halogens is 1. The van der Waals surface area contributed by atoms with Crippen molar-refractivity contribution in [1.82, 2.24) is 0 Å². The molecule has 1 aromatic rings. The summed E-state index contributed by atoms with van der Waals surface area (Å²) in [6.45, 7) is 4.86.